The molecular formula is C24H22F3N3O2S. The molecule has 0 saturated carbocycles. The summed E-state index contributed by atoms with van der Waals surface area (Å²) in [5.74, 6) is 1.34. The van der Waals surface area contributed by atoms with Crippen LogP contribution in [0.1, 0.15) is 22.3 Å². The topological polar surface area (TPSA) is 69.2 Å². The minimum absolute atomic E-state index is 0.0184. The van der Waals surface area contributed by atoms with Crippen molar-refractivity contribution in [2.75, 3.05) is 7.11 Å². The van der Waals surface area contributed by atoms with Crippen LogP contribution >= 0.6 is 11.8 Å². The molecule has 0 aliphatic heterocycles. The second-order valence-corrected chi connectivity index (χ2v) is 7.84. The summed E-state index contributed by atoms with van der Waals surface area (Å²) in [5.41, 5.74) is 7.61. The van der Waals surface area contributed by atoms with Crippen LogP contribution < -0.4 is 15.2 Å². The number of rotatable bonds is 8. The number of ether oxygens (including phenoxy) is 2. The summed E-state index contributed by atoms with van der Waals surface area (Å²) < 4.78 is 49.6. The number of nitrogens with zero attached hydrogens (tertiary/aromatic N) is 2. The number of hydrogen-bond acceptors (Lipinski definition) is 5. The maximum absolute atomic E-state index is 12.9. The molecule has 0 radical (unpaired) electrons. The number of nitrogens with two attached hydrogens (primary N) is 1. The Kier molecular flexibility index (Phi) is 8.37. The number of halogens is 3. The number of amidine groups is 1. The van der Waals surface area contributed by atoms with E-state index in [2.05, 4.69) is 10.2 Å². The molecule has 0 fully saturated rings. The summed E-state index contributed by atoms with van der Waals surface area (Å²) >= 11 is 1.38. The molecule has 0 aliphatic rings. The lowest BCUT2D eigenvalue weighted by Crippen LogP contribution is -2.06. The van der Waals surface area contributed by atoms with Crippen molar-refractivity contribution in [3.8, 4) is 11.5 Å². The van der Waals surface area contributed by atoms with Gasteiger partial charge in [0, 0.05) is 11.3 Å². The number of benzene rings is 3. The number of methoxy groups -OCH3 is 1. The fourth-order valence-corrected chi connectivity index (χ4v) is 3.44. The van der Waals surface area contributed by atoms with Crippen molar-refractivity contribution in [1.29, 1.82) is 0 Å². The van der Waals surface area contributed by atoms with Crippen LogP contribution in [0.3, 0.4) is 0 Å². The smallest absolute Gasteiger partial charge is 0.416 e. The number of thioether (sulfide) groups is 1. The van der Waals surface area contributed by atoms with Gasteiger partial charge in [-0.15, -0.1) is 5.10 Å². The molecule has 0 bridgehead atoms. The predicted octanol–water partition coefficient (Wildman–Crippen LogP) is 5.88. The third-order valence-electron chi connectivity index (χ3n) is 4.45. The van der Waals surface area contributed by atoms with Gasteiger partial charge < -0.3 is 15.2 Å². The highest BCUT2D eigenvalue weighted by Gasteiger charge is 2.30. The fraction of sp³-hybridized carbons (Fsp3) is 0.167. The van der Waals surface area contributed by atoms with Crippen LogP contribution in [-0.2, 0) is 18.5 Å². The van der Waals surface area contributed by atoms with Crippen molar-refractivity contribution < 1.29 is 22.6 Å². The molecule has 3 aromatic carbocycles. The molecule has 9 heteroatoms. The minimum atomic E-state index is -4.44. The van der Waals surface area contributed by atoms with Gasteiger partial charge in [-0.05, 0) is 47.5 Å². The molecular weight excluding hydrogens is 451 g/mol. The molecule has 33 heavy (non-hydrogen) atoms. The van der Waals surface area contributed by atoms with Gasteiger partial charge in [0.25, 0.3) is 0 Å². The Morgan fingerprint density at radius 3 is 2.55 bits per heavy atom. The van der Waals surface area contributed by atoms with Gasteiger partial charge in [0.05, 0.1) is 18.9 Å². The Balaban J connectivity index is 1.64. The van der Waals surface area contributed by atoms with Gasteiger partial charge in [-0.2, -0.15) is 18.3 Å². The summed E-state index contributed by atoms with van der Waals surface area (Å²) in [6.45, 7) is 0.0184. The van der Waals surface area contributed by atoms with Crippen molar-refractivity contribution in [2.24, 2.45) is 15.9 Å². The fourth-order valence-electron chi connectivity index (χ4n) is 2.83. The van der Waals surface area contributed by atoms with E-state index in [4.69, 9.17) is 15.2 Å². The van der Waals surface area contributed by atoms with Crippen LogP contribution in [0.15, 0.2) is 83.0 Å². The second-order valence-electron chi connectivity index (χ2n) is 6.84. The van der Waals surface area contributed by atoms with Crippen molar-refractivity contribution in [3.63, 3.8) is 0 Å². The Bertz CT molecular complexity index is 1120. The van der Waals surface area contributed by atoms with E-state index in [-0.39, 0.29) is 12.4 Å². The lowest BCUT2D eigenvalue weighted by Gasteiger charge is -2.12. The molecule has 2 N–H and O–H groups in total. The van der Waals surface area contributed by atoms with E-state index in [1.54, 1.807) is 18.2 Å². The van der Waals surface area contributed by atoms with Gasteiger partial charge in [0.2, 0.25) is 0 Å². The van der Waals surface area contributed by atoms with Crippen LogP contribution in [0.2, 0.25) is 0 Å². The molecule has 3 aromatic rings. The molecule has 172 valence electrons. The van der Waals surface area contributed by atoms with Crippen LogP contribution in [0, 0.1) is 0 Å². The van der Waals surface area contributed by atoms with E-state index in [9.17, 15) is 13.2 Å². The maximum atomic E-state index is 12.9. The van der Waals surface area contributed by atoms with E-state index in [0.29, 0.717) is 27.8 Å². The van der Waals surface area contributed by atoms with Crippen LogP contribution in [0.5, 0.6) is 11.5 Å². The van der Waals surface area contributed by atoms with Gasteiger partial charge in [-0.3, -0.25) is 0 Å². The molecule has 0 heterocycles. The van der Waals surface area contributed by atoms with Crippen LogP contribution in [-0.4, -0.2) is 18.5 Å². The zero-order valence-electron chi connectivity index (χ0n) is 17.8. The van der Waals surface area contributed by atoms with E-state index in [1.165, 1.54) is 37.2 Å². The molecule has 0 spiro atoms. The maximum Gasteiger partial charge on any atom is 0.416 e. The molecule has 5 nitrogen and oxygen atoms in total. The van der Waals surface area contributed by atoms with E-state index < -0.39 is 11.7 Å². The lowest BCUT2D eigenvalue weighted by atomic mass is 10.1. The monoisotopic (exact) mass is 473 g/mol. The molecule has 0 atom stereocenters. The van der Waals surface area contributed by atoms with Gasteiger partial charge in [-0.25, -0.2) is 0 Å². The van der Waals surface area contributed by atoms with Gasteiger partial charge in [-0.1, -0.05) is 48.2 Å². The minimum Gasteiger partial charge on any atom is -0.496 e. The third-order valence-corrected chi connectivity index (χ3v) is 5.31. The highest BCUT2D eigenvalue weighted by atomic mass is 32.2. The first-order valence-electron chi connectivity index (χ1n) is 9.85. The molecule has 0 aromatic heterocycles. The summed E-state index contributed by atoms with van der Waals surface area (Å²) in [7, 11) is 1.51. The molecule has 0 saturated heterocycles. The van der Waals surface area contributed by atoms with Crippen molar-refractivity contribution in [3.05, 3.63) is 95.1 Å². The third kappa shape index (κ3) is 7.57. The Labute approximate surface area is 194 Å². The average molecular weight is 474 g/mol. The highest BCUT2D eigenvalue weighted by molar-refractivity contribution is 8.13. The first kappa shape index (κ1) is 24.2. The molecule has 0 unspecified atom stereocenters. The SMILES string of the molecule is COc1ccc(C=NN=C(N)SCc2ccccc2)cc1COc1cccc(C(F)(F)F)c1. The zero-order chi connectivity index (χ0) is 23.7. The summed E-state index contributed by atoms with van der Waals surface area (Å²) in [6, 6.07) is 19.9. The molecule has 0 amide bonds. The van der Waals surface area contributed by atoms with Crippen molar-refractivity contribution >= 4 is 23.1 Å². The van der Waals surface area contributed by atoms with E-state index in [1.807, 2.05) is 30.3 Å². The Morgan fingerprint density at radius 1 is 1.03 bits per heavy atom. The van der Waals surface area contributed by atoms with Gasteiger partial charge >= 0.3 is 6.18 Å². The largest absolute Gasteiger partial charge is 0.496 e. The number of alkyl halides is 3. The first-order chi connectivity index (χ1) is 15.8. The predicted molar refractivity (Wildman–Crippen MR) is 126 cm³/mol. The molecule has 3 rings (SSSR count). The van der Waals surface area contributed by atoms with Crippen molar-refractivity contribution in [1.82, 2.24) is 0 Å². The summed E-state index contributed by atoms with van der Waals surface area (Å²) in [6.07, 6.45) is -2.90. The van der Waals surface area contributed by atoms with Crippen LogP contribution in [0.4, 0.5) is 13.2 Å². The number of hydrogen-bond donors (Lipinski definition) is 1. The Hall–Kier alpha value is -3.46. The zero-order valence-corrected chi connectivity index (χ0v) is 18.6. The average Bonchev–Trinajstić information content (AvgIpc) is 2.82. The van der Waals surface area contributed by atoms with Crippen LogP contribution in [0.25, 0.3) is 0 Å². The standard InChI is InChI=1S/C24H22F3N3O2S/c1-31-22-11-10-18(14-29-30-23(28)33-16-17-6-3-2-4-7-17)12-19(22)15-32-21-9-5-8-20(13-21)24(25,26)27/h2-14H,15-16H2,1H3,(H2,28,30). The summed E-state index contributed by atoms with van der Waals surface area (Å²) in [4.78, 5) is 0. The quantitative estimate of drug-likeness (QED) is 0.252. The van der Waals surface area contributed by atoms with Gasteiger partial charge in [0.15, 0.2) is 5.17 Å². The van der Waals surface area contributed by atoms with E-state index in [0.717, 1.165) is 17.7 Å². The summed E-state index contributed by atoms with van der Waals surface area (Å²) in [5, 5.41) is 8.34. The van der Waals surface area contributed by atoms with Crippen molar-refractivity contribution in [2.45, 2.75) is 18.5 Å². The normalized spacial score (nSPS) is 12.2. The first-order valence-corrected chi connectivity index (χ1v) is 10.8. The molecule has 0 aliphatic carbocycles. The second kappa shape index (κ2) is 11.4. The Morgan fingerprint density at radius 2 is 1.82 bits per heavy atom. The van der Waals surface area contributed by atoms with Gasteiger partial charge in [0.1, 0.15) is 18.1 Å². The lowest BCUT2D eigenvalue weighted by molar-refractivity contribution is -0.137. The highest BCUT2D eigenvalue weighted by Crippen LogP contribution is 2.31. The van der Waals surface area contributed by atoms with E-state index >= 15 is 0 Å².